The molecule has 0 radical (unpaired) electrons. The minimum absolute atomic E-state index is 0.0386. The van der Waals surface area contributed by atoms with Crippen LogP contribution in [0.25, 0.3) is 0 Å². The van der Waals surface area contributed by atoms with Crippen molar-refractivity contribution in [3.63, 3.8) is 0 Å². The topological polar surface area (TPSA) is 118 Å². The number of hydrogen-bond acceptors (Lipinski definition) is 6. The van der Waals surface area contributed by atoms with Crippen molar-refractivity contribution in [3.05, 3.63) is 47.8 Å². The number of carbonyl (C=O) groups excluding carboxylic acids is 2. The van der Waals surface area contributed by atoms with Crippen LogP contribution < -0.4 is 5.32 Å². The van der Waals surface area contributed by atoms with Crippen LogP contribution in [-0.4, -0.2) is 62.0 Å². The number of hydrogen-bond donors (Lipinski definition) is 2. The second-order valence-corrected chi connectivity index (χ2v) is 8.56. The molecule has 29 heavy (non-hydrogen) atoms. The van der Waals surface area contributed by atoms with Crippen molar-refractivity contribution in [3.8, 4) is 0 Å². The molecule has 1 aliphatic heterocycles. The summed E-state index contributed by atoms with van der Waals surface area (Å²) in [4.78, 5) is 27.2. The molecule has 156 valence electrons. The molecule has 1 aromatic heterocycles. The van der Waals surface area contributed by atoms with Crippen LogP contribution in [-0.2, 0) is 24.3 Å². The van der Waals surface area contributed by atoms with E-state index in [0.29, 0.717) is 18.9 Å². The van der Waals surface area contributed by atoms with Gasteiger partial charge in [0.15, 0.2) is 6.10 Å². The fourth-order valence-corrected chi connectivity index (χ4v) is 4.20. The van der Waals surface area contributed by atoms with Crippen LogP contribution in [0.1, 0.15) is 23.0 Å². The molecule has 2 aromatic rings. The Kier molecular flexibility index (Phi) is 6.36. The van der Waals surface area contributed by atoms with Gasteiger partial charge in [-0.25, -0.2) is 13.2 Å². The summed E-state index contributed by atoms with van der Waals surface area (Å²) in [5.41, 5.74) is 1.45. The van der Waals surface area contributed by atoms with Crippen molar-refractivity contribution in [1.82, 2.24) is 9.29 Å². The van der Waals surface area contributed by atoms with E-state index in [-0.39, 0.29) is 23.7 Å². The molecule has 1 fully saturated rings. The smallest absolute Gasteiger partial charge is 0.355 e. The van der Waals surface area contributed by atoms with Gasteiger partial charge in [-0.05, 0) is 31.5 Å². The van der Waals surface area contributed by atoms with Gasteiger partial charge in [0.05, 0.1) is 13.2 Å². The Hall–Kier alpha value is -2.69. The van der Waals surface area contributed by atoms with Crippen LogP contribution in [0.15, 0.2) is 41.4 Å². The van der Waals surface area contributed by atoms with Gasteiger partial charge in [0, 0.05) is 25.0 Å². The molecular formula is C19H23N3O6S. The molecule has 1 atom stereocenters. The molecule has 1 aliphatic rings. The number of H-pyrrole nitrogens is 1. The molecule has 1 saturated heterocycles. The van der Waals surface area contributed by atoms with Crippen molar-refractivity contribution in [2.75, 3.05) is 31.6 Å². The molecule has 1 unspecified atom stereocenters. The number of rotatable bonds is 6. The second-order valence-electron chi connectivity index (χ2n) is 6.62. The number of aromatic nitrogens is 1. The van der Waals surface area contributed by atoms with E-state index in [1.807, 2.05) is 19.1 Å². The molecule has 1 aromatic carbocycles. The molecule has 0 spiro atoms. The summed E-state index contributed by atoms with van der Waals surface area (Å²) in [7, 11) is -3.73. The number of aromatic amines is 1. The number of ether oxygens (including phenoxy) is 2. The van der Waals surface area contributed by atoms with Gasteiger partial charge in [-0.15, -0.1) is 0 Å². The van der Waals surface area contributed by atoms with Gasteiger partial charge in [0.25, 0.3) is 5.91 Å². The van der Waals surface area contributed by atoms with Gasteiger partial charge < -0.3 is 19.8 Å². The summed E-state index contributed by atoms with van der Waals surface area (Å²) in [5.74, 6) is -1.30. The first-order chi connectivity index (χ1) is 13.8. The standard InChI is InChI=1S/C19H23N3O6S/c1-13-5-3-4-6-16(13)21-18(23)14(2)28-19(24)17-11-15(12-20-17)29(25,26)22-7-9-27-10-8-22/h3-6,11-12,14,20H,7-10H2,1-2H3,(H,21,23). The molecular weight excluding hydrogens is 398 g/mol. The zero-order valence-electron chi connectivity index (χ0n) is 16.2. The van der Waals surface area contributed by atoms with Crippen molar-refractivity contribution >= 4 is 27.6 Å². The van der Waals surface area contributed by atoms with Gasteiger partial charge >= 0.3 is 5.97 Å². The third-order valence-electron chi connectivity index (χ3n) is 4.54. The highest BCUT2D eigenvalue weighted by molar-refractivity contribution is 7.89. The predicted molar refractivity (Wildman–Crippen MR) is 105 cm³/mol. The van der Waals surface area contributed by atoms with Gasteiger partial charge in [0.1, 0.15) is 10.6 Å². The monoisotopic (exact) mass is 421 g/mol. The highest BCUT2D eigenvalue weighted by atomic mass is 32.2. The van der Waals surface area contributed by atoms with E-state index in [2.05, 4.69) is 10.3 Å². The SMILES string of the molecule is Cc1ccccc1NC(=O)C(C)OC(=O)c1cc(S(=O)(=O)N2CCOCC2)c[nH]1. The van der Waals surface area contributed by atoms with Gasteiger partial charge in [-0.2, -0.15) is 4.31 Å². The summed E-state index contributed by atoms with van der Waals surface area (Å²) < 4.78 is 36.9. The second kappa shape index (κ2) is 8.76. The lowest BCUT2D eigenvalue weighted by atomic mass is 10.2. The van der Waals surface area contributed by atoms with Gasteiger partial charge in [0.2, 0.25) is 10.0 Å². The molecule has 0 bridgehead atoms. The van der Waals surface area contributed by atoms with E-state index in [9.17, 15) is 18.0 Å². The van der Waals surface area contributed by atoms with Crippen molar-refractivity contribution in [2.45, 2.75) is 24.8 Å². The Morgan fingerprint density at radius 2 is 1.93 bits per heavy atom. The molecule has 0 aliphatic carbocycles. The van der Waals surface area contributed by atoms with Crippen LogP contribution in [0, 0.1) is 6.92 Å². The largest absolute Gasteiger partial charge is 0.448 e. The number of benzene rings is 1. The molecule has 1 amide bonds. The lowest BCUT2D eigenvalue weighted by molar-refractivity contribution is -0.123. The van der Waals surface area contributed by atoms with E-state index in [1.54, 1.807) is 12.1 Å². The van der Waals surface area contributed by atoms with Crippen LogP contribution in [0.2, 0.25) is 0 Å². The van der Waals surface area contributed by atoms with E-state index in [0.717, 1.165) is 5.56 Å². The van der Waals surface area contributed by atoms with Crippen LogP contribution in [0.5, 0.6) is 0 Å². The summed E-state index contributed by atoms with van der Waals surface area (Å²) in [6, 6.07) is 8.44. The number of morpholine rings is 1. The minimum Gasteiger partial charge on any atom is -0.448 e. The normalized spacial score (nSPS) is 16.2. The van der Waals surface area contributed by atoms with E-state index >= 15 is 0 Å². The van der Waals surface area contributed by atoms with Gasteiger partial charge in [-0.3, -0.25) is 4.79 Å². The number of aryl methyl sites for hydroxylation is 1. The first kappa shape index (κ1) is 21.0. The number of sulfonamides is 1. The highest BCUT2D eigenvalue weighted by Gasteiger charge is 2.29. The van der Waals surface area contributed by atoms with Crippen LogP contribution in [0.3, 0.4) is 0 Å². The summed E-state index contributed by atoms with van der Waals surface area (Å²) >= 11 is 0. The number of nitrogens with zero attached hydrogens (tertiary/aromatic N) is 1. The molecule has 10 heteroatoms. The van der Waals surface area contributed by atoms with E-state index in [4.69, 9.17) is 9.47 Å². The average Bonchev–Trinajstić information content (AvgIpc) is 3.21. The lowest BCUT2D eigenvalue weighted by Crippen LogP contribution is -2.40. The lowest BCUT2D eigenvalue weighted by Gasteiger charge is -2.25. The Morgan fingerprint density at radius 1 is 1.24 bits per heavy atom. The van der Waals surface area contributed by atoms with Gasteiger partial charge in [-0.1, -0.05) is 18.2 Å². The molecule has 9 nitrogen and oxygen atoms in total. The number of para-hydroxylation sites is 1. The molecule has 2 heterocycles. The highest BCUT2D eigenvalue weighted by Crippen LogP contribution is 2.19. The Bertz CT molecular complexity index is 995. The predicted octanol–water partition coefficient (Wildman–Crippen LogP) is 1.53. The van der Waals surface area contributed by atoms with Crippen LogP contribution >= 0.6 is 0 Å². The van der Waals surface area contributed by atoms with E-state index in [1.165, 1.54) is 23.5 Å². The number of carbonyl (C=O) groups is 2. The zero-order valence-corrected chi connectivity index (χ0v) is 17.0. The van der Waals surface area contributed by atoms with Crippen molar-refractivity contribution < 1.29 is 27.5 Å². The summed E-state index contributed by atoms with van der Waals surface area (Å²) in [6.07, 6.45) is 0.170. The third kappa shape index (κ3) is 4.84. The maximum Gasteiger partial charge on any atom is 0.355 e. The fourth-order valence-electron chi connectivity index (χ4n) is 2.80. The molecule has 0 saturated carbocycles. The first-order valence-electron chi connectivity index (χ1n) is 9.13. The van der Waals surface area contributed by atoms with Crippen molar-refractivity contribution in [1.29, 1.82) is 0 Å². The quantitative estimate of drug-likeness (QED) is 0.683. The minimum atomic E-state index is -3.73. The average molecular weight is 421 g/mol. The maximum atomic E-state index is 12.6. The van der Waals surface area contributed by atoms with E-state index < -0.39 is 28.0 Å². The molecule has 3 rings (SSSR count). The summed E-state index contributed by atoms with van der Waals surface area (Å²) in [6.45, 7) is 4.45. The molecule has 2 N–H and O–H groups in total. The summed E-state index contributed by atoms with van der Waals surface area (Å²) in [5, 5.41) is 2.70. The number of anilines is 1. The van der Waals surface area contributed by atoms with Crippen molar-refractivity contribution in [2.24, 2.45) is 0 Å². The maximum absolute atomic E-state index is 12.6. The van der Waals surface area contributed by atoms with Crippen LogP contribution in [0.4, 0.5) is 5.69 Å². The number of esters is 1. The fraction of sp³-hybridized carbons (Fsp3) is 0.368. The Morgan fingerprint density at radius 3 is 2.62 bits per heavy atom. The third-order valence-corrected chi connectivity index (χ3v) is 6.42. The zero-order chi connectivity index (χ0) is 21.0. The Balaban J connectivity index is 1.63. The number of nitrogens with one attached hydrogen (secondary N) is 2. The number of amides is 1. The first-order valence-corrected chi connectivity index (χ1v) is 10.6. The Labute approximate surface area is 169 Å².